The van der Waals surface area contributed by atoms with E-state index < -0.39 is 17.2 Å². The van der Waals surface area contributed by atoms with Crippen LogP contribution in [0.4, 0.5) is 10.2 Å². The van der Waals surface area contributed by atoms with Gasteiger partial charge in [0.2, 0.25) is 5.43 Å². The third-order valence-corrected chi connectivity index (χ3v) is 5.94. The molecule has 5 rings (SSSR count). The van der Waals surface area contributed by atoms with Crippen molar-refractivity contribution in [3.63, 3.8) is 0 Å². The molecule has 8 heteroatoms. The van der Waals surface area contributed by atoms with E-state index in [1.54, 1.807) is 4.57 Å². The van der Waals surface area contributed by atoms with Crippen molar-refractivity contribution in [3.05, 3.63) is 33.9 Å². The highest BCUT2D eigenvalue weighted by Gasteiger charge is 2.47. The van der Waals surface area contributed by atoms with Gasteiger partial charge in [0.15, 0.2) is 11.6 Å². The number of rotatable bonds is 3. The fourth-order valence-corrected chi connectivity index (χ4v) is 4.29. The summed E-state index contributed by atoms with van der Waals surface area (Å²) in [5, 5.41) is 19.1. The molecule has 0 bridgehead atoms. The van der Waals surface area contributed by atoms with Gasteiger partial charge >= 0.3 is 5.97 Å². The van der Waals surface area contributed by atoms with Crippen molar-refractivity contribution >= 4 is 22.8 Å². The lowest BCUT2D eigenvalue weighted by atomic mass is 9.74. The molecule has 7 nitrogen and oxygen atoms in total. The van der Waals surface area contributed by atoms with Crippen LogP contribution in [0.3, 0.4) is 0 Å². The van der Waals surface area contributed by atoms with E-state index in [9.17, 15) is 24.2 Å². The number of aliphatic hydroxyl groups is 1. The van der Waals surface area contributed by atoms with E-state index in [1.165, 1.54) is 6.20 Å². The summed E-state index contributed by atoms with van der Waals surface area (Å²) in [5.74, 6) is -1.28. The van der Waals surface area contributed by atoms with Gasteiger partial charge in [0, 0.05) is 31.2 Å². The van der Waals surface area contributed by atoms with Gasteiger partial charge in [0.25, 0.3) is 0 Å². The van der Waals surface area contributed by atoms with Crippen molar-refractivity contribution < 1.29 is 19.4 Å². The largest absolute Gasteiger partial charge is 0.477 e. The molecule has 3 heterocycles. The summed E-state index contributed by atoms with van der Waals surface area (Å²) < 4.78 is 16.4. The SMILES string of the molecule is O=C(O)c1cn(C2CC2)c2nc(N3C[C@@H]4C[C@H](O)[C@@H]4C3)c(F)cc2c1=O. The second-order valence-electron chi connectivity index (χ2n) is 7.61. The number of hydrogen-bond acceptors (Lipinski definition) is 5. The molecular weight excluding hydrogens is 341 g/mol. The molecule has 0 aromatic carbocycles. The molecule has 136 valence electrons. The minimum Gasteiger partial charge on any atom is -0.477 e. The molecule has 1 aliphatic heterocycles. The van der Waals surface area contributed by atoms with Gasteiger partial charge < -0.3 is 19.7 Å². The van der Waals surface area contributed by atoms with Crippen LogP contribution in [0, 0.1) is 17.7 Å². The number of hydrogen-bond donors (Lipinski definition) is 2. The Kier molecular flexibility index (Phi) is 3.19. The Labute approximate surface area is 147 Å². The van der Waals surface area contributed by atoms with E-state index in [0.717, 1.165) is 25.3 Å². The van der Waals surface area contributed by atoms with E-state index in [2.05, 4.69) is 4.98 Å². The van der Waals surface area contributed by atoms with Gasteiger partial charge in [0.05, 0.1) is 11.5 Å². The number of pyridine rings is 2. The van der Waals surface area contributed by atoms with Crippen LogP contribution in [-0.4, -0.2) is 44.9 Å². The van der Waals surface area contributed by atoms with Crippen molar-refractivity contribution in [2.24, 2.45) is 11.8 Å². The summed E-state index contributed by atoms with van der Waals surface area (Å²) >= 11 is 0. The van der Waals surface area contributed by atoms with Crippen molar-refractivity contribution in [1.29, 1.82) is 0 Å². The van der Waals surface area contributed by atoms with Gasteiger partial charge in [-0.15, -0.1) is 0 Å². The molecule has 2 aromatic rings. The number of aromatic nitrogens is 2. The molecule has 3 aliphatic rings. The first-order valence-electron chi connectivity index (χ1n) is 8.85. The highest BCUT2D eigenvalue weighted by molar-refractivity contribution is 5.92. The molecule has 3 atom stereocenters. The smallest absolute Gasteiger partial charge is 0.341 e. The maximum atomic E-state index is 14.7. The molecule has 1 saturated heterocycles. The minimum absolute atomic E-state index is 0.000235. The normalized spacial score (nSPS) is 27.5. The highest BCUT2D eigenvalue weighted by Crippen LogP contribution is 2.43. The molecule has 0 amide bonds. The van der Waals surface area contributed by atoms with Gasteiger partial charge in [-0.25, -0.2) is 14.2 Å². The van der Waals surface area contributed by atoms with Crippen LogP contribution in [0.2, 0.25) is 0 Å². The molecular formula is C18H18FN3O4. The zero-order chi connectivity index (χ0) is 18.2. The topological polar surface area (TPSA) is 95.7 Å². The lowest BCUT2D eigenvalue weighted by Crippen LogP contribution is -2.39. The van der Waals surface area contributed by atoms with Crippen molar-refractivity contribution in [1.82, 2.24) is 9.55 Å². The number of carbonyl (C=O) groups is 1. The average molecular weight is 359 g/mol. The zero-order valence-electron chi connectivity index (χ0n) is 13.9. The minimum atomic E-state index is -1.32. The fraction of sp³-hybridized carbons (Fsp3) is 0.500. The van der Waals surface area contributed by atoms with Gasteiger partial charge in [0.1, 0.15) is 11.2 Å². The number of fused-ring (bicyclic) bond motifs is 2. The van der Waals surface area contributed by atoms with E-state index in [-0.39, 0.29) is 34.8 Å². The van der Waals surface area contributed by atoms with Crippen molar-refractivity contribution in [2.45, 2.75) is 31.4 Å². The maximum absolute atomic E-state index is 14.7. The molecule has 2 aromatic heterocycles. The molecule has 0 spiro atoms. The van der Waals surface area contributed by atoms with Crippen LogP contribution < -0.4 is 10.3 Å². The summed E-state index contributed by atoms with van der Waals surface area (Å²) in [6, 6.07) is 1.21. The summed E-state index contributed by atoms with van der Waals surface area (Å²) in [7, 11) is 0. The van der Waals surface area contributed by atoms with E-state index in [1.807, 2.05) is 4.90 Å². The van der Waals surface area contributed by atoms with Crippen LogP contribution in [0.1, 0.15) is 35.7 Å². The fourth-order valence-electron chi connectivity index (χ4n) is 4.29. The number of halogens is 1. The molecule has 3 fully saturated rings. The van der Waals surface area contributed by atoms with Crippen LogP contribution in [0.15, 0.2) is 17.1 Å². The van der Waals surface area contributed by atoms with Gasteiger partial charge in [-0.05, 0) is 31.2 Å². The number of nitrogens with zero attached hydrogens (tertiary/aromatic N) is 3. The van der Waals surface area contributed by atoms with Gasteiger partial charge in [-0.2, -0.15) is 0 Å². The molecule has 26 heavy (non-hydrogen) atoms. The molecule has 0 radical (unpaired) electrons. The number of carboxylic acid groups (broad SMARTS) is 1. The number of carboxylic acids is 1. The molecule has 2 aliphatic carbocycles. The first-order chi connectivity index (χ1) is 12.4. The van der Waals surface area contributed by atoms with Crippen LogP contribution >= 0.6 is 0 Å². The second-order valence-corrected chi connectivity index (χ2v) is 7.61. The third kappa shape index (κ3) is 2.18. The second kappa shape index (κ2) is 5.26. The lowest BCUT2D eigenvalue weighted by Gasteiger charge is -2.34. The number of anilines is 1. The third-order valence-electron chi connectivity index (χ3n) is 5.94. The molecule has 0 unspecified atom stereocenters. The number of aromatic carboxylic acids is 1. The number of aliphatic hydroxyl groups excluding tert-OH is 1. The maximum Gasteiger partial charge on any atom is 0.341 e. The summed E-state index contributed by atoms with van der Waals surface area (Å²) in [4.78, 5) is 30.1. The van der Waals surface area contributed by atoms with Crippen LogP contribution in [-0.2, 0) is 0 Å². The Bertz CT molecular complexity index is 1000. The lowest BCUT2D eigenvalue weighted by molar-refractivity contribution is -0.00399. The summed E-state index contributed by atoms with van der Waals surface area (Å²) in [6.45, 7) is 1.18. The van der Waals surface area contributed by atoms with Gasteiger partial charge in [-0.1, -0.05) is 0 Å². The predicted octanol–water partition coefficient (Wildman–Crippen LogP) is 1.39. The van der Waals surface area contributed by atoms with E-state index in [4.69, 9.17) is 0 Å². The van der Waals surface area contributed by atoms with E-state index in [0.29, 0.717) is 24.7 Å². The average Bonchev–Trinajstić information content (AvgIpc) is 3.37. The Hall–Kier alpha value is -2.48. The first kappa shape index (κ1) is 15.7. The first-order valence-corrected chi connectivity index (χ1v) is 8.85. The quantitative estimate of drug-likeness (QED) is 0.860. The summed E-state index contributed by atoms with van der Waals surface area (Å²) in [5.41, 5.74) is -0.737. The van der Waals surface area contributed by atoms with Crippen LogP contribution in [0.5, 0.6) is 0 Å². The standard InChI is InChI=1S/C18H18FN3O4/c19-13-4-10-15(24)12(18(25)26)7-22(9-1-2-9)16(10)20-17(13)21-5-8-3-14(23)11(8)6-21/h4,7-9,11,14,23H,1-3,5-6H2,(H,25,26)/t8-,11+,14-/m0/s1. The Morgan fingerprint density at radius 2 is 2.08 bits per heavy atom. The predicted molar refractivity (Wildman–Crippen MR) is 91.0 cm³/mol. The Morgan fingerprint density at radius 1 is 1.31 bits per heavy atom. The van der Waals surface area contributed by atoms with Gasteiger partial charge in [-0.3, -0.25) is 4.79 Å². The van der Waals surface area contributed by atoms with E-state index >= 15 is 0 Å². The Morgan fingerprint density at radius 3 is 2.69 bits per heavy atom. The zero-order valence-corrected chi connectivity index (χ0v) is 13.9. The highest BCUT2D eigenvalue weighted by atomic mass is 19.1. The molecule has 2 saturated carbocycles. The van der Waals surface area contributed by atoms with Crippen molar-refractivity contribution in [3.8, 4) is 0 Å². The Balaban J connectivity index is 1.67. The van der Waals surface area contributed by atoms with Crippen molar-refractivity contribution in [2.75, 3.05) is 18.0 Å². The molecule has 2 N–H and O–H groups in total. The monoisotopic (exact) mass is 359 g/mol. The summed E-state index contributed by atoms with van der Waals surface area (Å²) in [6.07, 6.45) is 3.48. The van der Waals surface area contributed by atoms with Crippen LogP contribution in [0.25, 0.3) is 11.0 Å².